The van der Waals surface area contributed by atoms with E-state index in [4.69, 9.17) is 0 Å². The van der Waals surface area contributed by atoms with Gasteiger partial charge < -0.3 is 4.74 Å². The van der Waals surface area contributed by atoms with E-state index >= 15 is 0 Å². The molecule has 0 aliphatic carbocycles. The van der Waals surface area contributed by atoms with Gasteiger partial charge in [0.05, 0.1) is 7.11 Å². The molecule has 1 aromatic carbocycles. The number of hydrogen-bond donors (Lipinski definition) is 0. The fourth-order valence-electron chi connectivity index (χ4n) is 1.24. The molecule has 0 spiro atoms. The van der Waals surface area contributed by atoms with Crippen molar-refractivity contribution in [1.29, 1.82) is 0 Å². The van der Waals surface area contributed by atoms with Crippen LogP contribution in [0.5, 0.6) is 0 Å². The van der Waals surface area contributed by atoms with Crippen LogP contribution in [0.2, 0.25) is 0 Å². The van der Waals surface area contributed by atoms with Crippen LogP contribution in [0.1, 0.15) is 15.9 Å². The molecule has 0 heterocycles. The molecule has 0 amide bonds. The van der Waals surface area contributed by atoms with Crippen LogP contribution in [-0.2, 0) is 9.53 Å². The Balaban J connectivity index is 2.71. The molecule has 0 aromatic heterocycles. The first kappa shape index (κ1) is 13.3. The molecular weight excluding hydrogens is 329 g/mol. The largest absolute Gasteiger partial charge is 0.465 e. The van der Waals surface area contributed by atoms with E-state index in [2.05, 4.69) is 4.74 Å². The fraction of sp³-hybridized carbons (Fsp3) is 0.364. The van der Waals surface area contributed by atoms with Gasteiger partial charge in [-0.1, -0.05) is 52.9 Å². The van der Waals surface area contributed by atoms with Crippen LogP contribution in [0.3, 0.4) is 0 Å². The molecule has 0 aliphatic heterocycles. The summed E-state index contributed by atoms with van der Waals surface area (Å²) in [5, 5.41) is 0. The number of ether oxygens (including phenoxy) is 1. The monoisotopic (exact) mass is 340 g/mol. The summed E-state index contributed by atoms with van der Waals surface area (Å²) in [5.74, 6) is -4.92. The predicted octanol–water partition coefficient (Wildman–Crippen LogP) is 3.36. The van der Waals surface area contributed by atoms with Crippen LogP contribution in [0.25, 0.3) is 0 Å². The molecule has 0 fully saturated rings. The van der Waals surface area contributed by atoms with Crippen molar-refractivity contribution in [3.63, 3.8) is 0 Å². The summed E-state index contributed by atoms with van der Waals surface area (Å²) in [6.07, 6.45) is -0.551. The van der Waals surface area contributed by atoms with Crippen LogP contribution in [0.15, 0.2) is 30.3 Å². The first-order valence-corrected chi connectivity index (χ1v) is 5.87. The van der Waals surface area contributed by atoms with Gasteiger partial charge in [0.1, 0.15) is 0 Å². The first-order valence-electron chi connectivity index (χ1n) is 4.62. The highest BCUT2D eigenvalue weighted by Gasteiger charge is 2.42. The van der Waals surface area contributed by atoms with Gasteiger partial charge in [-0.15, -0.1) is 0 Å². The van der Waals surface area contributed by atoms with Crippen LogP contribution < -0.4 is 0 Å². The van der Waals surface area contributed by atoms with Crippen molar-refractivity contribution in [2.75, 3.05) is 7.11 Å². The SMILES string of the molecule is COC(=O)C(F)(F)CC(I)c1ccccc1. The second-order valence-electron chi connectivity index (χ2n) is 3.28. The summed E-state index contributed by atoms with van der Waals surface area (Å²) in [6, 6.07) is 8.87. The van der Waals surface area contributed by atoms with Gasteiger partial charge in [0, 0.05) is 10.3 Å². The predicted molar refractivity (Wildman–Crippen MR) is 64.8 cm³/mol. The summed E-state index contributed by atoms with van der Waals surface area (Å²) >= 11 is 1.89. The zero-order chi connectivity index (χ0) is 12.2. The number of alkyl halides is 3. The zero-order valence-electron chi connectivity index (χ0n) is 8.62. The molecule has 16 heavy (non-hydrogen) atoms. The maximum absolute atomic E-state index is 13.3. The number of rotatable bonds is 4. The third kappa shape index (κ3) is 3.40. The Morgan fingerprint density at radius 1 is 1.44 bits per heavy atom. The third-order valence-corrected chi connectivity index (χ3v) is 3.24. The number of carbonyl (C=O) groups is 1. The molecule has 0 radical (unpaired) electrons. The summed E-state index contributed by atoms with van der Waals surface area (Å²) in [7, 11) is 0.959. The smallest absolute Gasteiger partial charge is 0.376 e. The lowest BCUT2D eigenvalue weighted by molar-refractivity contribution is -0.169. The van der Waals surface area contributed by atoms with Crippen LogP contribution in [0, 0.1) is 0 Å². The van der Waals surface area contributed by atoms with Gasteiger partial charge in [-0.3, -0.25) is 0 Å². The van der Waals surface area contributed by atoms with E-state index in [1.165, 1.54) is 0 Å². The second kappa shape index (κ2) is 5.56. The molecule has 1 unspecified atom stereocenters. The number of benzene rings is 1. The lowest BCUT2D eigenvalue weighted by Crippen LogP contribution is -2.30. The number of carbonyl (C=O) groups excluding carboxylic acids is 1. The molecule has 0 aliphatic rings. The van der Waals surface area contributed by atoms with E-state index < -0.39 is 22.2 Å². The van der Waals surface area contributed by atoms with Gasteiger partial charge in [-0.25, -0.2) is 4.79 Å². The minimum Gasteiger partial charge on any atom is -0.465 e. The van der Waals surface area contributed by atoms with Crippen molar-refractivity contribution < 1.29 is 18.3 Å². The Hall–Kier alpha value is -0.720. The minimum atomic E-state index is -3.43. The van der Waals surface area contributed by atoms with Crippen LogP contribution >= 0.6 is 22.6 Å². The highest BCUT2D eigenvalue weighted by Crippen LogP contribution is 2.35. The van der Waals surface area contributed by atoms with Crippen molar-refractivity contribution in [2.45, 2.75) is 16.3 Å². The maximum atomic E-state index is 13.3. The molecule has 0 N–H and O–H groups in total. The summed E-state index contributed by atoms with van der Waals surface area (Å²) in [6.45, 7) is 0. The van der Waals surface area contributed by atoms with Gasteiger partial charge in [-0.2, -0.15) is 8.78 Å². The van der Waals surface area contributed by atoms with Crippen molar-refractivity contribution >= 4 is 28.6 Å². The molecule has 1 aromatic rings. The van der Waals surface area contributed by atoms with Crippen molar-refractivity contribution in [2.24, 2.45) is 0 Å². The van der Waals surface area contributed by atoms with Gasteiger partial charge in [0.25, 0.3) is 0 Å². The topological polar surface area (TPSA) is 26.3 Å². The van der Waals surface area contributed by atoms with Crippen molar-refractivity contribution in [3.8, 4) is 0 Å². The maximum Gasteiger partial charge on any atom is 0.376 e. The number of methoxy groups -OCH3 is 1. The average Bonchev–Trinajstić information content (AvgIpc) is 2.28. The number of hydrogen-bond acceptors (Lipinski definition) is 2. The lowest BCUT2D eigenvalue weighted by Gasteiger charge is -2.17. The van der Waals surface area contributed by atoms with E-state index in [9.17, 15) is 13.6 Å². The zero-order valence-corrected chi connectivity index (χ0v) is 10.8. The first-order chi connectivity index (χ1) is 7.47. The molecule has 0 saturated heterocycles. The molecule has 1 atom stereocenters. The molecule has 88 valence electrons. The quantitative estimate of drug-likeness (QED) is 0.477. The van der Waals surface area contributed by atoms with E-state index in [1.54, 1.807) is 24.3 Å². The average molecular weight is 340 g/mol. The molecule has 5 heteroatoms. The van der Waals surface area contributed by atoms with Gasteiger partial charge in [-0.05, 0) is 5.56 Å². The van der Waals surface area contributed by atoms with Crippen molar-refractivity contribution in [3.05, 3.63) is 35.9 Å². The Morgan fingerprint density at radius 2 is 2.00 bits per heavy atom. The summed E-state index contributed by atoms with van der Waals surface area (Å²) in [4.78, 5) is 10.8. The molecule has 0 saturated carbocycles. The van der Waals surface area contributed by atoms with Crippen LogP contribution in [0.4, 0.5) is 8.78 Å². The second-order valence-corrected chi connectivity index (χ2v) is 4.78. The Morgan fingerprint density at radius 3 is 2.50 bits per heavy atom. The third-order valence-electron chi connectivity index (χ3n) is 2.08. The number of halogens is 3. The summed E-state index contributed by atoms with van der Waals surface area (Å²) in [5.41, 5.74) is 0.770. The van der Waals surface area contributed by atoms with Gasteiger partial charge >= 0.3 is 11.9 Å². The fourth-order valence-corrected chi connectivity index (χ4v) is 2.21. The normalized spacial score (nSPS) is 13.2. The van der Waals surface area contributed by atoms with E-state index in [1.807, 2.05) is 28.7 Å². The summed E-state index contributed by atoms with van der Waals surface area (Å²) < 4.78 is 30.2. The van der Waals surface area contributed by atoms with E-state index in [0.29, 0.717) is 0 Å². The van der Waals surface area contributed by atoms with Gasteiger partial charge in [0.15, 0.2) is 0 Å². The van der Waals surface area contributed by atoms with Crippen LogP contribution in [-0.4, -0.2) is 19.0 Å². The Labute approximate surface area is 106 Å². The number of esters is 1. The standard InChI is InChI=1S/C11H11F2IO2/c1-16-10(15)11(12,13)7-9(14)8-5-3-2-4-6-8/h2-6,9H,7H2,1H3. The van der Waals surface area contributed by atoms with Gasteiger partial charge in [0.2, 0.25) is 0 Å². The van der Waals surface area contributed by atoms with E-state index in [-0.39, 0.29) is 0 Å². The van der Waals surface area contributed by atoms with Crippen molar-refractivity contribution in [1.82, 2.24) is 0 Å². The molecule has 0 bridgehead atoms. The highest BCUT2D eigenvalue weighted by molar-refractivity contribution is 14.1. The molecule has 2 nitrogen and oxygen atoms in total. The molecular formula is C11H11F2IO2. The Kier molecular flexibility index (Phi) is 4.64. The minimum absolute atomic E-state index is 0.423. The highest BCUT2D eigenvalue weighted by atomic mass is 127. The lowest BCUT2D eigenvalue weighted by atomic mass is 10.1. The Bertz CT molecular complexity index is 354. The van der Waals surface area contributed by atoms with E-state index in [0.717, 1.165) is 12.7 Å². The molecule has 1 rings (SSSR count).